The van der Waals surface area contributed by atoms with Crippen molar-refractivity contribution in [2.45, 2.75) is 18.2 Å². The highest BCUT2D eigenvalue weighted by atomic mass is 79.9. The molecule has 1 amide bonds. The van der Waals surface area contributed by atoms with Gasteiger partial charge >= 0.3 is 0 Å². The summed E-state index contributed by atoms with van der Waals surface area (Å²) >= 11 is 11.7. The van der Waals surface area contributed by atoms with Crippen molar-refractivity contribution >= 4 is 80.4 Å². The van der Waals surface area contributed by atoms with Crippen molar-refractivity contribution in [3.8, 4) is 0 Å². The maximum absolute atomic E-state index is 11.8. The van der Waals surface area contributed by atoms with Crippen LogP contribution in [0.3, 0.4) is 0 Å². The molecule has 0 spiro atoms. The van der Waals surface area contributed by atoms with E-state index in [1.54, 1.807) is 0 Å². The number of carbonyl (C=O) groups excluding carboxylic acids is 1. The van der Waals surface area contributed by atoms with Gasteiger partial charge in [0.25, 0.3) is 0 Å². The summed E-state index contributed by atoms with van der Waals surface area (Å²) in [6.07, 6.45) is 0.742. The number of fused-ring (bicyclic) bond motifs is 1. The van der Waals surface area contributed by atoms with Gasteiger partial charge in [-0.1, -0.05) is 50.1 Å². The number of rotatable bonds is 3. The number of halogens is 3. The van der Waals surface area contributed by atoms with Crippen LogP contribution in [0.5, 0.6) is 0 Å². The molecule has 1 heterocycles. The van der Waals surface area contributed by atoms with E-state index in [-0.39, 0.29) is 10.7 Å². The fourth-order valence-electron chi connectivity index (χ4n) is 1.38. The second kappa shape index (κ2) is 5.98. The van der Waals surface area contributed by atoms with Gasteiger partial charge in [0.1, 0.15) is 0 Å². The van der Waals surface area contributed by atoms with Crippen molar-refractivity contribution in [3.63, 3.8) is 0 Å². The molecule has 0 saturated carbocycles. The average Bonchev–Trinajstić information content (AvgIpc) is 2.70. The molecule has 18 heavy (non-hydrogen) atoms. The first-order valence-electron chi connectivity index (χ1n) is 5.21. The first-order valence-corrected chi connectivity index (χ1v) is 8.53. The van der Waals surface area contributed by atoms with Gasteiger partial charge in [-0.25, -0.2) is 4.98 Å². The fraction of sp³-hybridized carbons (Fsp3) is 0.273. The molecule has 0 aliphatic rings. The average molecular weight is 457 g/mol. The third-order valence-corrected chi connectivity index (χ3v) is 5.33. The van der Waals surface area contributed by atoms with Crippen molar-refractivity contribution in [2.75, 3.05) is 5.32 Å². The number of carbonyl (C=O) groups is 1. The smallest absolute Gasteiger partial charge is 0.239 e. The Hall–Kier alpha value is 0.0200. The molecule has 0 saturated heterocycles. The van der Waals surface area contributed by atoms with Crippen molar-refractivity contribution in [2.24, 2.45) is 0 Å². The standard InChI is InChI=1S/C11H9Br3N2OS/c1-2-6(13)10(17)16-11-15-9-7(14)3-5(12)4-8(9)18-11/h3-4,6H,2H2,1H3,(H,15,16,17). The Balaban J connectivity index is 2.31. The predicted octanol–water partition coefficient (Wildman–Crippen LogP) is 4.93. The predicted molar refractivity (Wildman–Crippen MR) is 86.7 cm³/mol. The van der Waals surface area contributed by atoms with E-state index in [2.05, 4.69) is 58.1 Å². The molecular weight excluding hydrogens is 448 g/mol. The molecule has 96 valence electrons. The van der Waals surface area contributed by atoms with E-state index in [0.717, 1.165) is 25.6 Å². The summed E-state index contributed by atoms with van der Waals surface area (Å²) in [7, 11) is 0. The highest BCUT2D eigenvalue weighted by Gasteiger charge is 2.15. The molecule has 1 atom stereocenters. The molecule has 0 aliphatic carbocycles. The maximum atomic E-state index is 11.8. The minimum atomic E-state index is -0.181. The molecule has 1 N–H and O–H groups in total. The van der Waals surface area contributed by atoms with Gasteiger partial charge < -0.3 is 5.32 Å². The molecule has 1 aromatic carbocycles. The Labute approximate surface area is 134 Å². The number of nitrogens with zero attached hydrogens (tertiary/aromatic N) is 1. The number of hydrogen-bond donors (Lipinski definition) is 1. The molecular formula is C11H9Br3N2OS. The zero-order valence-electron chi connectivity index (χ0n) is 9.34. The van der Waals surface area contributed by atoms with Gasteiger partial charge in [0, 0.05) is 8.95 Å². The number of thiazole rings is 1. The van der Waals surface area contributed by atoms with Crippen molar-refractivity contribution < 1.29 is 4.79 Å². The number of benzene rings is 1. The Morgan fingerprint density at radius 2 is 2.22 bits per heavy atom. The Kier molecular flexibility index (Phi) is 4.80. The Bertz CT molecular complexity index is 599. The lowest BCUT2D eigenvalue weighted by Gasteiger charge is -2.04. The summed E-state index contributed by atoms with van der Waals surface area (Å²) in [5.41, 5.74) is 0.862. The number of aromatic nitrogens is 1. The summed E-state index contributed by atoms with van der Waals surface area (Å²) < 4.78 is 2.92. The Morgan fingerprint density at radius 1 is 1.50 bits per heavy atom. The van der Waals surface area contributed by atoms with Gasteiger partial charge in [-0.05, 0) is 34.5 Å². The highest BCUT2D eigenvalue weighted by molar-refractivity contribution is 9.11. The van der Waals surface area contributed by atoms with Crippen LogP contribution in [0.25, 0.3) is 10.2 Å². The molecule has 0 radical (unpaired) electrons. The Morgan fingerprint density at radius 3 is 2.89 bits per heavy atom. The summed E-state index contributed by atoms with van der Waals surface area (Å²) in [6, 6.07) is 3.92. The van der Waals surface area contributed by atoms with Crippen LogP contribution in [0.4, 0.5) is 5.13 Å². The van der Waals surface area contributed by atoms with Crippen LogP contribution in [-0.4, -0.2) is 15.7 Å². The molecule has 2 aromatic rings. The number of nitrogens with one attached hydrogen (secondary N) is 1. The molecule has 3 nitrogen and oxygen atoms in total. The van der Waals surface area contributed by atoms with E-state index in [0.29, 0.717) is 5.13 Å². The third-order valence-electron chi connectivity index (χ3n) is 2.29. The van der Waals surface area contributed by atoms with Crippen LogP contribution < -0.4 is 5.32 Å². The molecule has 0 fully saturated rings. The van der Waals surface area contributed by atoms with Gasteiger partial charge in [0.05, 0.1) is 15.0 Å². The first-order chi connectivity index (χ1) is 8.51. The SMILES string of the molecule is CCC(Br)C(=O)Nc1nc2c(Br)cc(Br)cc2s1. The van der Waals surface area contributed by atoms with E-state index >= 15 is 0 Å². The zero-order valence-corrected chi connectivity index (χ0v) is 14.9. The van der Waals surface area contributed by atoms with E-state index in [1.807, 2.05) is 19.1 Å². The summed E-state index contributed by atoms with van der Waals surface area (Å²) in [6.45, 7) is 1.95. The molecule has 7 heteroatoms. The van der Waals surface area contributed by atoms with Crippen molar-refractivity contribution in [1.82, 2.24) is 4.98 Å². The van der Waals surface area contributed by atoms with E-state index in [1.165, 1.54) is 11.3 Å². The number of anilines is 1. The van der Waals surface area contributed by atoms with Crippen molar-refractivity contribution in [1.29, 1.82) is 0 Å². The number of amides is 1. The molecule has 1 aromatic heterocycles. The quantitative estimate of drug-likeness (QED) is 0.665. The highest BCUT2D eigenvalue weighted by Crippen LogP contribution is 2.34. The first kappa shape index (κ1) is 14.4. The van der Waals surface area contributed by atoms with Crippen LogP contribution in [-0.2, 0) is 4.79 Å². The van der Waals surface area contributed by atoms with Crippen LogP contribution in [0.1, 0.15) is 13.3 Å². The zero-order chi connectivity index (χ0) is 13.3. The third kappa shape index (κ3) is 3.12. The van der Waals surface area contributed by atoms with Gasteiger partial charge in [-0.3, -0.25) is 4.79 Å². The minimum Gasteiger partial charge on any atom is -0.301 e. The molecule has 0 bridgehead atoms. The lowest BCUT2D eigenvalue weighted by atomic mass is 10.3. The van der Waals surface area contributed by atoms with E-state index < -0.39 is 0 Å². The largest absolute Gasteiger partial charge is 0.301 e. The minimum absolute atomic E-state index is 0.0632. The summed E-state index contributed by atoms with van der Waals surface area (Å²) in [5, 5.41) is 3.43. The van der Waals surface area contributed by atoms with Crippen LogP contribution >= 0.6 is 59.1 Å². The van der Waals surface area contributed by atoms with E-state index in [9.17, 15) is 4.79 Å². The van der Waals surface area contributed by atoms with Crippen LogP contribution in [0.15, 0.2) is 21.1 Å². The lowest BCUT2D eigenvalue weighted by Crippen LogP contribution is -2.21. The van der Waals surface area contributed by atoms with Gasteiger partial charge in [0.2, 0.25) is 5.91 Å². The second-order valence-corrected chi connectivity index (χ2v) is 7.52. The lowest BCUT2D eigenvalue weighted by molar-refractivity contribution is -0.115. The van der Waals surface area contributed by atoms with E-state index in [4.69, 9.17) is 0 Å². The maximum Gasteiger partial charge on any atom is 0.239 e. The molecule has 2 rings (SSSR count). The van der Waals surface area contributed by atoms with Crippen LogP contribution in [0, 0.1) is 0 Å². The normalized spacial score (nSPS) is 12.7. The van der Waals surface area contributed by atoms with Crippen LogP contribution in [0.2, 0.25) is 0 Å². The van der Waals surface area contributed by atoms with Crippen molar-refractivity contribution in [3.05, 3.63) is 21.1 Å². The monoisotopic (exact) mass is 454 g/mol. The number of alkyl halides is 1. The van der Waals surface area contributed by atoms with Gasteiger partial charge in [0.15, 0.2) is 5.13 Å². The number of hydrogen-bond acceptors (Lipinski definition) is 3. The molecule has 1 unspecified atom stereocenters. The molecule has 0 aliphatic heterocycles. The summed E-state index contributed by atoms with van der Waals surface area (Å²) in [5.74, 6) is -0.0632. The van der Waals surface area contributed by atoms with Gasteiger partial charge in [-0.15, -0.1) is 0 Å². The second-order valence-electron chi connectivity index (χ2n) is 3.62. The fourth-order valence-corrected chi connectivity index (χ4v) is 4.03. The van der Waals surface area contributed by atoms with Gasteiger partial charge in [-0.2, -0.15) is 0 Å². The topological polar surface area (TPSA) is 42.0 Å². The summed E-state index contributed by atoms with van der Waals surface area (Å²) in [4.78, 5) is 16.0.